The molecule has 7 heteroatoms. The van der Waals surface area contributed by atoms with Crippen molar-refractivity contribution in [1.82, 2.24) is 15.0 Å². The van der Waals surface area contributed by atoms with Crippen LogP contribution >= 0.6 is 0 Å². The monoisotopic (exact) mass is 344 g/mol. The van der Waals surface area contributed by atoms with Gasteiger partial charge >= 0.3 is 0 Å². The molecule has 2 aliphatic rings. The van der Waals surface area contributed by atoms with E-state index in [-0.39, 0.29) is 11.7 Å². The maximum absolute atomic E-state index is 13.0. The summed E-state index contributed by atoms with van der Waals surface area (Å²) >= 11 is 0. The molecule has 0 amide bonds. The summed E-state index contributed by atoms with van der Waals surface area (Å²) in [6.45, 7) is 2.84. The van der Waals surface area contributed by atoms with E-state index in [4.69, 9.17) is 9.47 Å². The van der Waals surface area contributed by atoms with E-state index in [0.29, 0.717) is 19.2 Å². The lowest BCUT2D eigenvalue weighted by atomic mass is 9.88. The molecule has 2 fully saturated rings. The average Bonchev–Trinajstić information content (AvgIpc) is 3.05. The minimum atomic E-state index is -0.412. The molecular weight excluding hydrogens is 323 g/mol. The Kier molecular flexibility index (Phi) is 4.59. The van der Waals surface area contributed by atoms with Gasteiger partial charge in [-0.15, -0.1) is 0 Å². The van der Waals surface area contributed by atoms with Crippen LogP contribution in [0.3, 0.4) is 0 Å². The van der Waals surface area contributed by atoms with Crippen LogP contribution in [0.25, 0.3) is 0 Å². The Morgan fingerprint density at radius 1 is 1.20 bits per heavy atom. The van der Waals surface area contributed by atoms with Crippen molar-refractivity contribution in [2.75, 3.05) is 24.6 Å². The molecule has 0 radical (unpaired) electrons. The van der Waals surface area contributed by atoms with Crippen molar-refractivity contribution < 1.29 is 13.9 Å². The normalized spacial score (nSPS) is 22.4. The Bertz CT molecular complexity index is 690. The summed E-state index contributed by atoms with van der Waals surface area (Å²) < 4.78 is 25.1. The van der Waals surface area contributed by atoms with Gasteiger partial charge in [-0.1, -0.05) is 0 Å². The molecule has 2 saturated heterocycles. The van der Waals surface area contributed by atoms with Gasteiger partial charge in [0, 0.05) is 31.9 Å². The fourth-order valence-electron chi connectivity index (χ4n) is 3.53. The zero-order chi connectivity index (χ0) is 17.1. The highest BCUT2D eigenvalue weighted by molar-refractivity contribution is 5.30. The number of piperidine rings is 1. The highest BCUT2D eigenvalue weighted by atomic mass is 19.1. The highest BCUT2D eigenvalue weighted by Gasteiger charge is 2.43. The molecule has 4 rings (SSSR count). The summed E-state index contributed by atoms with van der Waals surface area (Å²) in [5.41, 5.74) is 1.01. The van der Waals surface area contributed by atoms with Crippen LogP contribution in [-0.4, -0.2) is 46.4 Å². The lowest BCUT2D eigenvalue weighted by molar-refractivity contribution is -0.0205. The van der Waals surface area contributed by atoms with Gasteiger partial charge in [0.2, 0.25) is 5.95 Å². The summed E-state index contributed by atoms with van der Waals surface area (Å²) in [5, 5.41) is 0. The summed E-state index contributed by atoms with van der Waals surface area (Å²) in [6, 6.07) is 3.93. The molecule has 25 heavy (non-hydrogen) atoms. The van der Waals surface area contributed by atoms with Gasteiger partial charge in [0.25, 0.3) is 0 Å². The molecule has 0 unspecified atom stereocenters. The van der Waals surface area contributed by atoms with Crippen LogP contribution in [-0.2, 0) is 16.1 Å². The predicted molar refractivity (Wildman–Crippen MR) is 89.6 cm³/mol. The fraction of sp³-hybridized carbons (Fsp3) is 0.500. The standard InChI is InChI=1S/C18H21FN4O2/c19-15-10-21-17(22-11-15)23-7-3-18(4-8-23)9-16(13-25-18)24-12-14-1-5-20-6-2-14/h1-2,5-6,10-11,16H,3-4,7-9,12-13H2/t16-/m1/s1. The van der Waals surface area contributed by atoms with E-state index in [2.05, 4.69) is 19.9 Å². The quantitative estimate of drug-likeness (QED) is 0.849. The molecule has 2 aromatic rings. The molecule has 0 N–H and O–H groups in total. The van der Waals surface area contributed by atoms with Crippen molar-refractivity contribution >= 4 is 5.95 Å². The van der Waals surface area contributed by atoms with Crippen LogP contribution in [0.1, 0.15) is 24.8 Å². The Hall–Kier alpha value is -2.12. The van der Waals surface area contributed by atoms with Crippen LogP contribution in [0.5, 0.6) is 0 Å². The van der Waals surface area contributed by atoms with E-state index in [1.54, 1.807) is 12.4 Å². The van der Waals surface area contributed by atoms with Crippen molar-refractivity contribution in [1.29, 1.82) is 0 Å². The van der Waals surface area contributed by atoms with Crippen molar-refractivity contribution in [3.05, 3.63) is 48.3 Å². The third-order valence-electron chi connectivity index (χ3n) is 4.97. The van der Waals surface area contributed by atoms with Gasteiger partial charge in [-0.05, 0) is 30.5 Å². The molecule has 1 atom stereocenters. The highest BCUT2D eigenvalue weighted by Crippen LogP contribution is 2.37. The lowest BCUT2D eigenvalue weighted by Crippen LogP contribution is -2.45. The Morgan fingerprint density at radius 3 is 2.64 bits per heavy atom. The van der Waals surface area contributed by atoms with Gasteiger partial charge in [0.1, 0.15) is 0 Å². The maximum atomic E-state index is 13.0. The average molecular weight is 344 g/mol. The molecule has 4 heterocycles. The molecule has 2 aliphatic heterocycles. The smallest absolute Gasteiger partial charge is 0.225 e. The Balaban J connectivity index is 1.29. The molecule has 6 nitrogen and oxygen atoms in total. The van der Waals surface area contributed by atoms with E-state index in [1.807, 2.05) is 12.1 Å². The number of hydrogen-bond acceptors (Lipinski definition) is 6. The van der Waals surface area contributed by atoms with Gasteiger partial charge < -0.3 is 14.4 Å². The third-order valence-corrected chi connectivity index (χ3v) is 4.97. The number of ether oxygens (including phenoxy) is 2. The molecule has 0 aliphatic carbocycles. The van der Waals surface area contributed by atoms with Crippen LogP contribution in [0.15, 0.2) is 36.9 Å². The Labute approximate surface area is 146 Å². The van der Waals surface area contributed by atoms with Gasteiger partial charge in [0.15, 0.2) is 5.82 Å². The zero-order valence-corrected chi connectivity index (χ0v) is 14.0. The van der Waals surface area contributed by atoms with Crippen LogP contribution in [0.2, 0.25) is 0 Å². The minimum absolute atomic E-state index is 0.112. The summed E-state index contributed by atoms with van der Waals surface area (Å²) in [6.07, 6.45) is 8.82. The van der Waals surface area contributed by atoms with Crippen molar-refractivity contribution in [2.24, 2.45) is 0 Å². The molecular formula is C18H21FN4O2. The van der Waals surface area contributed by atoms with E-state index >= 15 is 0 Å². The van der Waals surface area contributed by atoms with Gasteiger partial charge in [0.05, 0.1) is 37.3 Å². The third kappa shape index (κ3) is 3.77. The molecule has 132 valence electrons. The first-order valence-corrected chi connectivity index (χ1v) is 8.59. The van der Waals surface area contributed by atoms with E-state index in [9.17, 15) is 4.39 Å². The van der Waals surface area contributed by atoms with E-state index < -0.39 is 5.82 Å². The molecule has 0 bridgehead atoms. The summed E-state index contributed by atoms with van der Waals surface area (Å²) in [7, 11) is 0. The fourth-order valence-corrected chi connectivity index (χ4v) is 3.53. The van der Waals surface area contributed by atoms with Crippen LogP contribution in [0.4, 0.5) is 10.3 Å². The minimum Gasteiger partial charge on any atom is -0.372 e. The number of halogens is 1. The van der Waals surface area contributed by atoms with E-state index in [1.165, 1.54) is 12.4 Å². The molecule has 0 saturated carbocycles. The van der Waals surface area contributed by atoms with Crippen molar-refractivity contribution in [3.63, 3.8) is 0 Å². The largest absolute Gasteiger partial charge is 0.372 e. The molecule has 0 aromatic carbocycles. The number of nitrogens with zero attached hydrogens (tertiary/aromatic N) is 4. The summed E-state index contributed by atoms with van der Waals surface area (Å²) in [4.78, 5) is 14.2. The van der Waals surface area contributed by atoms with Crippen molar-refractivity contribution in [3.8, 4) is 0 Å². The summed E-state index contributed by atoms with van der Waals surface area (Å²) in [5.74, 6) is 0.172. The van der Waals surface area contributed by atoms with Gasteiger partial charge in [-0.25, -0.2) is 14.4 Å². The maximum Gasteiger partial charge on any atom is 0.225 e. The van der Waals surface area contributed by atoms with Crippen molar-refractivity contribution in [2.45, 2.75) is 37.6 Å². The van der Waals surface area contributed by atoms with Crippen LogP contribution < -0.4 is 4.90 Å². The number of rotatable bonds is 4. The SMILES string of the molecule is Fc1cnc(N2CCC3(CC2)C[C@@H](OCc2ccncc2)CO3)nc1. The number of anilines is 1. The van der Waals surface area contributed by atoms with Gasteiger partial charge in [-0.3, -0.25) is 4.98 Å². The number of hydrogen-bond donors (Lipinski definition) is 0. The van der Waals surface area contributed by atoms with Crippen LogP contribution in [0, 0.1) is 5.82 Å². The number of pyridine rings is 1. The second-order valence-electron chi connectivity index (χ2n) is 6.67. The first-order valence-electron chi connectivity index (χ1n) is 8.59. The first-order chi connectivity index (χ1) is 12.2. The molecule has 2 aromatic heterocycles. The predicted octanol–water partition coefficient (Wildman–Crippen LogP) is 2.36. The van der Waals surface area contributed by atoms with E-state index in [0.717, 1.165) is 37.9 Å². The topological polar surface area (TPSA) is 60.4 Å². The second-order valence-corrected chi connectivity index (χ2v) is 6.67. The first kappa shape index (κ1) is 16.4. The Morgan fingerprint density at radius 2 is 1.92 bits per heavy atom. The lowest BCUT2D eigenvalue weighted by Gasteiger charge is -2.38. The number of aromatic nitrogens is 3. The zero-order valence-electron chi connectivity index (χ0n) is 14.0. The second kappa shape index (κ2) is 7.01. The van der Waals surface area contributed by atoms with Gasteiger partial charge in [-0.2, -0.15) is 0 Å². The molecule has 1 spiro atoms.